The summed E-state index contributed by atoms with van der Waals surface area (Å²) in [6, 6.07) is 1.96. The molecule has 3 aromatic heterocycles. The molecule has 0 spiro atoms. The second-order valence-electron chi connectivity index (χ2n) is 7.84. The van der Waals surface area contributed by atoms with Crippen molar-refractivity contribution in [1.29, 1.82) is 0 Å². The molecule has 0 atom stereocenters. The lowest BCUT2D eigenvalue weighted by atomic mass is 10.0. The molecule has 2 N–H and O–H groups in total. The molecule has 3 aromatic rings. The molecule has 1 amide bonds. The SMILES string of the molecule is CCc1nc2c(cnn2CC)c(NC2CCOCC2)c1CNC(=O)c1ccc(C(F)(F)F)o1. The maximum Gasteiger partial charge on any atom is 0.449 e. The van der Waals surface area contributed by atoms with Crippen molar-refractivity contribution in [3.8, 4) is 0 Å². The van der Waals surface area contributed by atoms with Gasteiger partial charge < -0.3 is 19.8 Å². The van der Waals surface area contributed by atoms with Crippen LogP contribution < -0.4 is 10.6 Å². The van der Waals surface area contributed by atoms with Crippen LogP contribution in [0.1, 0.15) is 54.3 Å². The zero-order chi connectivity index (χ0) is 23.6. The number of carbonyl (C=O) groups is 1. The summed E-state index contributed by atoms with van der Waals surface area (Å²) in [6.07, 6.45) is -0.613. The van der Waals surface area contributed by atoms with Crippen molar-refractivity contribution in [1.82, 2.24) is 20.1 Å². The second kappa shape index (κ2) is 9.42. The first-order chi connectivity index (χ1) is 15.8. The van der Waals surface area contributed by atoms with E-state index in [0.29, 0.717) is 26.2 Å². The number of hydrogen-bond acceptors (Lipinski definition) is 6. The summed E-state index contributed by atoms with van der Waals surface area (Å²) < 4.78 is 50.4. The highest BCUT2D eigenvalue weighted by Gasteiger charge is 2.35. The number of ether oxygens (including phenoxy) is 1. The Balaban J connectivity index is 1.65. The third-order valence-corrected chi connectivity index (χ3v) is 5.71. The van der Waals surface area contributed by atoms with Crippen LogP contribution in [0.3, 0.4) is 0 Å². The molecule has 0 radical (unpaired) electrons. The van der Waals surface area contributed by atoms with E-state index in [-0.39, 0.29) is 12.6 Å². The maximum absolute atomic E-state index is 12.8. The van der Waals surface area contributed by atoms with Crippen LogP contribution in [0.2, 0.25) is 0 Å². The van der Waals surface area contributed by atoms with E-state index in [1.807, 2.05) is 18.5 Å². The van der Waals surface area contributed by atoms with Crippen LogP contribution in [-0.4, -0.2) is 39.9 Å². The number of aromatic nitrogens is 3. The molecular weight excluding hydrogens is 439 g/mol. The highest BCUT2D eigenvalue weighted by Crippen LogP contribution is 2.32. The van der Waals surface area contributed by atoms with Gasteiger partial charge in [-0.25, -0.2) is 9.67 Å². The maximum atomic E-state index is 12.8. The third-order valence-electron chi connectivity index (χ3n) is 5.71. The summed E-state index contributed by atoms with van der Waals surface area (Å²) in [6.45, 7) is 6.01. The summed E-state index contributed by atoms with van der Waals surface area (Å²) in [4.78, 5) is 17.3. The number of alkyl halides is 3. The number of nitrogens with zero attached hydrogens (tertiary/aromatic N) is 3. The zero-order valence-electron chi connectivity index (χ0n) is 18.5. The van der Waals surface area contributed by atoms with E-state index in [4.69, 9.17) is 14.1 Å². The smallest absolute Gasteiger partial charge is 0.446 e. The Labute approximate surface area is 188 Å². The number of amides is 1. The fourth-order valence-electron chi connectivity index (χ4n) is 3.97. The topological polar surface area (TPSA) is 94.2 Å². The summed E-state index contributed by atoms with van der Waals surface area (Å²) >= 11 is 0. The second-order valence-corrected chi connectivity index (χ2v) is 7.84. The Morgan fingerprint density at radius 3 is 2.64 bits per heavy atom. The van der Waals surface area contributed by atoms with Gasteiger partial charge in [-0.3, -0.25) is 4.79 Å². The lowest BCUT2D eigenvalue weighted by Gasteiger charge is -2.26. The van der Waals surface area contributed by atoms with Gasteiger partial charge in [0.25, 0.3) is 5.91 Å². The predicted molar refractivity (Wildman–Crippen MR) is 115 cm³/mol. The molecule has 0 saturated carbocycles. The molecule has 8 nitrogen and oxygen atoms in total. The average molecular weight is 465 g/mol. The van der Waals surface area contributed by atoms with E-state index < -0.39 is 23.6 Å². The minimum Gasteiger partial charge on any atom is -0.446 e. The number of anilines is 1. The van der Waals surface area contributed by atoms with Crippen LogP contribution in [0.15, 0.2) is 22.7 Å². The van der Waals surface area contributed by atoms with E-state index in [1.54, 1.807) is 6.20 Å². The number of aryl methyl sites for hydroxylation is 2. The quantitative estimate of drug-likeness (QED) is 0.545. The highest BCUT2D eigenvalue weighted by molar-refractivity contribution is 5.93. The summed E-state index contributed by atoms with van der Waals surface area (Å²) in [7, 11) is 0. The lowest BCUT2D eigenvalue weighted by Crippen LogP contribution is -2.30. The Morgan fingerprint density at radius 2 is 2.00 bits per heavy atom. The molecule has 0 aliphatic carbocycles. The first-order valence-electron chi connectivity index (χ1n) is 11.0. The van der Waals surface area contributed by atoms with Crippen LogP contribution >= 0.6 is 0 Å². The molecule has 33 heavy (non-hydrogen) atoms. The molecule has 0 unspecified atom stereocenters. The highest BCUT2D eigenvalue weighted by atomic mass is 19.4. The van der Waals surface area contributed by atoms with E-state index in [2.05, 4.69) is 15.7 Å². The van der Waals surface area contributed by atoms with Crippen molar-refractivity contribution in [2.45, 2.75) is 58.4 Å². The Kier molecular flexibility index (Phi) is 6.59. The fraction of sp³-hybridized carbons (Fsp3) is 0.500. The van der Waals surface area contributed by atoms with Crippen LogP contribution in [0.25, 0.3) is 11.0 Å². The molecule has 0 aromatic carbocycles. The van der Waals surface area contributed by atoms with Gasteiger partial charge in [-0.2, -0.15) is 18.3 Å². The van der Waals surface area contributed by atoms with Gasteiger partial charge in [0.15, 0.2) is 11.4 Å². The summed E-state index contributed by atoms with van der Waals surface area (Å²) in [5, 5.41) is 11.5. The van der Waals surface area contributed by atoms with Gasteiger partial charge in [0.2, 0.25) is 5.76 Å². The number of fused-ring (bicyclic) bond motifs is 1. The van der Waals surface area contributed by atoms with Gasteiger partial charge in [0.1, 0.15) is 0 Å². The molecule has 4 rings (SSSR count). The van der Waals surface area contributed by atoms with Gasteiger partial charge in [0, 0.05) is 43.6 Å². The number of carbonyl (C=O) groups excluding carboxylic acids is 1. The largest absolute Gasteiger partial charge is 0.449 e. The molecule has 1 fully saturated rings. The molecule has 11 heteroatoms. The minimum atomic E-state index is -4.65. The molecule has 1 aliphatic rings. The average Bonchev–Trinajstić information content (AvgIpc) is 3.46. The summed E-state index contributed by atoms with van der Waals surface area (Å²) in [5.41, 5.74) is 3.14. The minimum absolute atomic E-state index is 0.0792. The Bertz CT molecular complexity index is 1130. The van der Waals surface area contributed by atoms with E-state index in [0.717, 1.165) is 53.0 Å². The van der Waals surface area contributed by atoms with Gasteiger partial charge in [-0.15, -0.1) is 0 Å². The summed E-state index contributed by atoms with van der Waals surface area (Å²) in [5.74, 6) is -2.33. The van der Waals surface area contributed by atoms with Crippen molar-refractivity contribution in [2.24, 2.45) is 0 Å². The number of hydrogen-bond donors (Lipinski definition) is 2. The van der Waals surface area contributed by atoms with Crippen molar-refractivity contribution in [3.05, 3.63) is 41.1 Å². The van der Waals surface area contributed by atoms with Gasteiger partial charge in [-0.1, -0.05) is 6.92 Å². The van der Waals surface area contributed by atoms with Crippen LogP contribution in [-0.2, 0) is 30.4 Å². The van der Waals surface area contributed by atoms with Crippen LogP contribution in [0, 0.1) is 0 Å². The zero-order valence-corrected chi connectivity index (χ0v) is 18.5. The molecular formula is C22H26F3N5O3. The number of nitrogens with one attached hydrogen (secondary N) is 2. The van der Waals surface area contributed by atoms with Gasteiger partial charge in [-0.05, 0) is 38.3 Å². The van der Waals surface area contributed by atoms with Crippen LogP contribution in [0.4, 0.5) is 18.9 Å². The molecule has 178 valence electrons. The van der Waals surface area contributed by atoms with Crippen molar-refractivity contribution in [3.63, 3.8) is 0 Å². The first-order valence-corrected chi connectivity index (χ1v) is 11.0. The lowest BCUT2D eigenvalue weighted by molar-refractivity contribution is -0.153. The van der Waals surface area contributed by atoms with Crippen LogP contribution in [0.5, 0.6) is 0 Å². The number of furan rings is 1. The Morgan fingerprint density at radius 1 is 1.24 bits per heavy atom. The van der Waals surface area contributed by atoms with Gasteiger partial charge >= 0.3 is 6.18 Å². The molecule has 0 bridgehead atoms. The fourth-order valence-corrected chi connectivity index (χ4v) is 3.97. The third kappa shape index (κ3) is 4.82. The molecule has 1 saturated heterocycles. The Hall–Kier alpha value is -3.08. The molecule has 1 aliphatic heterocycles. The molecule has 4 heterocycles. The van der Waals surface area contributed by atoms with E-state index in [1.165, 1.54) is 0 Å². The van der Waals surface area contributed by atoms with Crippen molar-refractivity contribution in [2.75, 3.05) is 18.5 Å². The normalized spacial score (nSPS) is 15.2. The number of halogens is 3. The predicted octanol–water partition coefficient (Wildman–Crippen LogP) is 4.15. The standard InChI is InChI=1S/C22H26F3N5O3/c1-3-16-14(11-26-21(31)17-5-6-18(33-17)22(23,24)25)19(28-13-7-9-32-10-8-13)15-12-27-30(4-2)20(15)29-16/h5-6,12-13H,3-4,7-11H2,1-2H3,(H,26,31)(H,28,29). The monoisotopic (exact) mass is 465 g/mol. The number of rotatable bonds is 7. The number of pyridine rings is 1. The first kappa shape index (κ1) is 23.1. The van der Waals surface area contributed by atoms with E-state index in [9.17, 15) is 18.0 Å². The van der Waals surface area contributed by atoms with Gasteiger partial charge in [0.05, 0.1) is 17.3 Å². The van der Waals surface area contributed by atoms with Crippen molar-refractivity contribution >= 4 is 22.6 Å². The van der Waals surface area contributed by atoms with E-state index >= 15 is 0 Å². The van der Waals surface area contributed by atoms with Crippen molar-refractivity contribution < 1.29 is 27.1 Å².